The Morgan fingerprint density at radius 2 is 2.08 bits per heavy atom. The summed E-state index contributed by atoms with van der Waals surface area (Å²) in [6, 6.07) is 3.38. The second-order valence-electron chi connectivity index (χ2n) is 5.44. The van der Waals surface area contributed by atoms with E-state index >= 15 is 0 Å². The number of nitrogens with zero attached hydrogens (tertiary/aromatic N) is 2. The van der Waals surface area contributed by atoms with Crippen molar-refractivity contribution in [2.24, 2.45) is 0 Å². The maximum Gasteiger partial charge on any atom is 0.340 e. The molecule has 25 heavy (non-hydrogen) atoms. The number of nitrogens with one attached hydrogen (secondary N) is 1. The number of aromatic nitrogens is 2. The van der Waals surface area contributed by atoms with Crippen molar-refractivity contribution in [3.63, 3.8) is 0 Å². The van der Waals surface area contributed by atoms with Gasteiger partial charge in [-0.1, -0.05) is 5.92 Å². The summed E-state index contributed by atoms with van der Waals surface area (Å²) >= 11 is 0. The number of carbonyl (C=O) groups is 2. The molecule has 6 nitrogen and oxygen atoms in total. The Morgan fingerprint density at radius 1 is 1.36 bits per heavy atom. The molecule has 0 aliphatic heterocycles. The SMILES string of the molecule is C#Cc1ccnc(N(CC)C(=O)c2[nH]c(C)c(C(=O)OCC)c2C)c1. The summed E-state index contributed by atoms with van der Waals surface area (Å²) in [7, 11) is 0. The van der Waals surface area contributed by atoms with Gasteiger partial charge in [0.15, 0.2) is 0 Å². The van der Waals surface area contributed by atoms with Crippen molar-refractivity contribution < 1.29 is 14.3 Å². The van der Waals surface area contributed by atoms with Gasteiger partial charge < -0.3 is 9.72 Å². The van der Waals surface area contributed by atoms with Crippen LogP contribution in [0.2, 0.25) is 0 Å². The van der Waals surface area contributed by atoms with Gasteiger partial charge in [-0.25, -0.2) is 9.78 Å². The zero-order valence-corrected chi connectivity index (χ0v) is 14.8. The highest BCUT2D eigenvalue weighted by atomic mass is 16.5. The van der Waals surface area contributed by atoms with Crippen molar-refractivity contribution in [2.45, 2.75) is 27.7 Å². The number of aryl methyl sites for hydroxylation is 1. The number of hydrogen-bond donors (Lipinski definition) is 1. The van der Waals surface area contributed by atoms with Crippen LogP contribution in [0.5, 0.6) is 0 Å². The number of carbonyl (C=O) groups excluding carboxylic acids is 2. The van der Waals surface area contributed by atoms with Crippen LogP contribution in [0.4, 0.5) is 5.82 Å². The van der Waals surface area contributed by atoms with E-state index in [1.807, 2.05) is 6.92 Å². The van der Waals surface area contributed by atoms with E-state index in [0.717, 1.165) is 0 Å². The lowest BCUT2D eigenvalue weighted by Gasteiger charge is -2.20. The number of esters is 1. The summed E-state index contributed by atoms with van der Waals surface area (Å²) in [5.74, 6) is 2.28. The Balaban J connectivity index is 2.43. The van der Waals surface area contributed by atoms with Crippen LogP contribution in [0.25, 0.3) is 0 Å². The van der Waals surface area contributed by atoms with Gasteiger partial charge in [0.1, 0.15) is 11.5 Å². The van der Waals surface area contributed by atoms with Crippen LogP contribution in [0.1, 0.15) is 51.5 Å². The molecule has 0 saturated carbocycles. The summed E-state index contributed by atoms with van der Waals surface area (Å²) in [6.07, 6.45) is 6.98. The first kappa shape index (κ1) is 18.3. The molecule has 0 fully saturated rings. The van der Waals surface area contributed by atoms with Crippen molar-refractivity contribution in [2.75, 3.05) is 18.1 Å². The zero-order chi connectivity index (χ0) is 18.6. The van der Waals surface area contributed by atoms with Gasteiger partial charge in [0, 0.05) is 24.0 Å². The molecule has 1 N–H and O–H groups in total. The molecule has 0 unspecified atom stereocenters. The highest BCUT2D eigenvalue weighted by molar-refractivity contribution is 6.07. The molecule has 1 amide bonds. The number of anilines is 1. The van der Waals surface area contributed by atoms with E-state index in [1.54, 1.807) is 39.1 Å². The maximum absolute atomic E-state index is 13.0. The van der Waals surface area contributed by atoms with E-state index in [2.05, 4.69) is 15.9 Å². The summed E-state index contributed by atoms with van der Waals surface area (Å²) in [5, 5.41) is 0. The molecular formula is C19H21N3O3. The minimum atomic E-state index is -0.441. The standard InChI is InChI=1S/C19H21N3O3/c1-6-14-9-10-20-15(11-14)22(7-2)18(23)17-12(4)16(13(5)21-17)19(24)25-8-3/h1,9-11,21H,7-8H2,2-5H3. The molecule has 0 radical (unpaired) electrons. The van der Waals surface area contributed by atoms with Gasteiger partial charge >= 0.3 is 5.97 Å². The molecule has 0 spiro atoms. The number of amides is 1. The van der Waals surface area contributed by atoms with Gasteiger partial charge in [0.2, 0.25) is 0 Å². The average molecular weight is 339 g/mol. The van der Waals surface area contributed by atoms with Crippen LogP contribution in [0, 0.1) is 26.2 Å². The predicted molar refractivity (Wildman–Crippen MR) is 95.7 cm³/mol. The van der Waals surface area contributed by atoms with E-state index in [-0.39, 0.29) is 12.5 Å². The van der Waals surface area contributed by atoms with Gasteiger partial charge in [0.05, 0.1) is 12.2 Å². The molecule has 2 aromatic rings. The molecule has 130 valence electrons. The molecule has 0 bridgehead atoms. The highest BCUT2D eigenvalue weighted by Crippen LogP contribution is 2.22. The molecule has 0 saturated heterocycles. The molecule has 0 atom stereocenters. The Bertz CT molecular complexity index is 846. The van der Waals surface area contributed by atoms with Crippen LogP contribution in [0.3, 0.4) is 0 Å². The van der Waals surface area contributed by atoms with Crippen molar-refractivity contribution >= 4 is 17.7 Å². The highest BCUT2D eigenvalue weighted by Gasteiger charge is 2.26. The largest absolute Gasteiger partial charge is 0.462 e. The summed E-state index contributed by atoms with van der Waals surface area (Å²) < 4.78 is 5.07. The molecular weight excluding hydrogens is 318 g/mol. The van der Waals surface area contributed by atoms with Crippen LogP contribution in [0.15, 0.2) is 18.3 Å². The third-order valence-corrected chi connectivity index (χ3v) is 3.88. The smallest absolute Gasteiger partial charge is 0.340 e. The van der Waals surface area contributed by atoms with E-state index in [4.69, 9.17) is 11.2 Å². The van der Waals surface area contributed by atoms with Crippen molar-refractivity contribution in [3.05, 3.63) is 46.4 Å². The Labute approximate surface area is 147 Å². The first-order chi connectivity index (χ1) is 11.9. The molecule has 0 aromatic carbocycles. The minimum Gasteiger partial charge on any atom is -0.462 e. The third kappa shape index (κ3) is 3.56. The molecule has 2 aromatic heterocycles. The van der Waals surface area contributed by atoms with Gasteiger partial charge in [0.25, 0.3) is 5.91 Å². The Hall–Kier alpha value is -3.07. The third-order valence-electron chi connectivity index (χ3n) is 3.88. The summed E-state index contributed by atoms with van der Waals surface area (Å²) in [4.78, 5) is 33.9. The van der Waals surface area contributed by atoms with Gasteiger partial charge in [-0.15, -0.1) is 6.42 Å². The van der Waals surface area contributed by atoms with Crippen molar-refractivity contribution in [3.8, 4) is 12.3 Å². The van der Waals surface area contributed by atoms with Gasteiger partial charge in [-0.05, 0) is 45.4 Å². The topological polar surface area (TPSA) is 75.3 Å². The lowest BCUT2D eigenvalue weighted by molar-refractivity contribution is 0.0525. The normalized spacial score (nSPS) is 10.2. The molecule has 0 aliphatic rings. The van der Waals surface area contributed by atoms with E-state index in [0.29, 0.717) is 40.4 Å². The first-order valence-corrected chi connectivity index (χ1v) is 8.05. The summed E-state index contributed by atoms with van der Waals surface area (Å²) in [6.45, 7) is 7.73. The maximum atomic E-state index is 13.0. The van der Waals surface area contributed by atoms with E-state index in [1.165, 1.54) is 4.90 Å². The number of rotatable bonds is 5. The zero-order valence-electron chi connectivity index (χ0n) is 14.8. The van der Waals surface area contributed by atoms with E-state index < -0.39 is 5.97 Å². The number of H-pyrrole nitrogens is 1. The second kappa shape index (κ2) is 7.67. The molecule has 0 aliphatic carbocycles. The molecule has 6 heteroatoms. The number of pyridine rings is 1. The quantitative estimate of drug-likeness (QED) is 0.671. The van der Waals surface area contributed by atoms with Crippen LogP contribution in [-0.4, -0.2) is 35.0 Å². The fourth-order valence-electron chi connectivity index (χ4n) is 2.67. The first-order valence-electron chi connectivity index (χ1n) is 8.05. The van der Waals surface area contributed by atoms with Crippen molar-refractivity contribution in [1.82, 2.24) is 9.97 Å². The lowest BCUT2D eigenvalue weighted by Crippen LogP contribution is -2.32. The lowest BCUT2D eigenvalue weighted by atomic mass is 10.1. The number of terminal acetylenes is 1. The Kier molecular flexibility index (Phi) is 5.60. The summed E-state index contributed by atoms with van der Waals surface area (Å²) in [5.41, 5.74) is 2.54. The molecule has 2 heterocycles. The van der Waals surface area contributed by atoms with Crippen molar-refractivity contribution in [1.29, 1.82) is 0 Å². The fraction of sp³-hybridized carbons (Fsp3) is 0.316. The molecule has 2 rings (SSSR count). The van der Waals surface area contributed by atoms with E-state index in [9.17, 15) is 9.59 Å². The fourth-order valence-corrected chi connectivity index (χ4v) is 2.67. The second-order valence-corrected chi connectivity index (χ2v) is 5.44. The van der Waals surface area contributed by atoms with Gasteiger partial charge in [-0.3, -0.25) is 9.69 Å². The predicted octanol–water partition coefficient (Wildman–Crippen LogP) is 2.85. The number of aromatic amines is 1. The van der Waals surface area contributed by atoms with Crippen LogP contribution < -0.4 is 4.90 Å². The average Bonchev–Trinajstić information content (AvgIpc) is 2.90. The number of ether oxygens (including phenoxy) is 1. The minimum absolute atomic E-state index is 0.274. The van der Waals surface area contributed by atoms with Gasteiger partial charge in [-0.2, -0.15) is 0 Å². The van der Waals surface area contributed by atoms with Crippen LogP contribution >= 0.6 is 0 Å². The Morgan fingerprint density at radius 3 is 2.68 bits per heavy atom. The monoisotopic (exact) mass is 339 g/mol. The number of hydrogen-bond acceptors (Lipinski definition) is 4. The van der Waals surface area contributed by atoms with Crippen LogP contribution in [-0.2, 0) is 4.74 Å².